The second-order valence-corrected chi connectivity index (χ2v) is 6.84. The second kappa shape index (κ2) is 5.51. The van der Waals surface area contributed by atoms with Crippen LogP contribution in [0.2, 0.25) is 0 Å². The van der Waals surface area contributed by atoms with Gasteiger partial charge in [0, 0.05) is 42.8 Å². The average Bonchev–Trinajstić information content (AvgIpc) is 3.17. The van der Waals surface area contributed by atoms with Gasteiger partial charge in [0.2, 0.25) is 0 Å². The van der Waals surface area contributed by atoms with Crippen molar-refractivity contribution in [2.75, 3.05) is 6.54 Å². The first kappa shape index (κ1) is 14.5. The molecule has 1 aliphatic heterocycles. The third-order valence-electron chi connectivity index (χ3n) is 4.95. The number of H-pyrrole nitrogens is 1. The first-order valence-electron chi connectivity index (χ1n) is 8.48. The summed E-state index contributed by atoms with van der Waals surface area (Å²) in [7, 11) is 0. The Kier molecular flexibility index (Phi) is 3.47. The summed E-state index contributed by atoms with van der Waals surface area (Å²) in [6.45, 7) is 5.57. The maximum absolute atomic E-state index is 12.9. The normalized spacial score (nSPS) is 17.3. The highest BCUT2D eigenvalue weighted by molar-refractivity contribution is 5.94. The van der Waals surface area contributed by atoms with E-state index < -0.39 is 0 Å². The first-order chi connectivity index (χ1) is 11.1. The monoisotopic (exact) mass is 314 g/mol. The summed E-state index contributed by atoms with van der Waals surface area (Å²) in [4.78, 5) is 14.8. The highest BCUT2D eigenvalue weighted by Crippen LogP contribution is 2.29. The molecule has 1 aliphatic carbocycles. The van der Waals surface area contributed by atoms with Crippen molar-refractivity contribution in [2.24, 2.45) is 0 Å². The number of hydrogen-bond acceptors (Lipinski definition) is 4. The fraction of sp³-hybridized carbons (Fsp3) is 0.588. The van der Waals surface area contributed by atoms with Crippen molar-refractivity contribution < 1.29 is 9.32 Å². The number of rotatable bonds is 2. The van der Waals surface area contributed by atoms with Crippen molar-refractivity contribution >= 4 is 5.91 Å². The standard InChI is InChI=1S/C17H22N4O2/c1-10(2)15-12-9-21(8-7-13(12)18-19-15)17(22)16-11-5-3-4-6-14(11)23-20-16/h10H,3-9H2,1-2H3,(H,18,19). The van der Waals surface area contributed by atoms with Crippen molar-refractivity contribution in [1.82, 2.24) is 20.3 Å². The molecule has 0 fully saturated rings. The molecule has 0 saturated heterocycles. The minimum atomic E-state index is -0.00143. The summed E-state index contributed by atoms with van der Waals surface area (Å²) in [5.41, 5.74) is 4.97. The molecule has 0 saturated carbocycles. The van der Waals surface area contributed by atoms with Gasteiger partial charge in [-0.25, -0.2) is 0 Å². The fourth-order valence-electron chi connectivity index (χ4n) is 3.67. The molecule has 0 bridgehead atoms. The summed E-state index contributed by atoms with van der Waals surface area (Å²) < 4.78 is 5.40. The number of nitrogens with zero attached hydrogens (tertiary/aromatic N) is 3. The summed E-state index contributed by atoms with van der Waals surface area (Å²) in [5, 5.41) is 11.6. The average molecular weight is 314 g/mol. The zero-order chi connectivity index (χ0) is 16.0. The molecule has 6 heteroatoms. The van der Waals surface area contributed by atoms with Crippen molar-refractivity contribution in [2.45, 2.75) is 58.4 Å². The number of hydrogen-bond donors (Lipinski definition) is 1. The molecule has 23 heavy (non-hydrogen) atoms. The van der Waals surface area contributed by atoms with Crippen molar-refractivity contribution in [1.29, 1.82) is 0 Å². The van der Waals surface area contributed by atoms with Crippen LogP contribution in [0.4, 0.5) is 0 Å². The smallest absolute Gasteiger partial charge is 0.276 e. The predicted octanol–water partition coefficient (Wildman–Crippen LogP) is 2.60. The van der Waals surface area contributed by atoms with Gasteiger partial charge in [-0.2, -0.15) is 5.10 Å². The van der Waals surface area contributed by atoms with Gasteiger partial charge >= 0.3 is 0 Å². The van der Waals surface area contributed by atoms with E-state index in [-0.39, 0.29) is 5.91 Å². The lowest BCUT2D eigenvalue weighted by molar-refractivity contribution is 0.0722. The fourth-order valence-corrected chi connectivity index (χ4v) is 3.67. The Morgan fingerprint density at radius 1 is 1.22 bits per heavy atom. The van der Waals surface area contributed by atoms with Crippen molar-refractivity contribution in [3.05, 3.63) is 34.0 Å². The highest BCUT2D eigenvalue weighted by atomic mass is 16.5. The maximum atomic E-state index is 12.9. The van der Waals surface area contributed by atoms with E-state index in [1.165, 1.54) is 11.3 Å². The lowest BCUT2D eigenvalue weighted by atomic mass is 9.95. The number of aromatic amines is 1. The molecule has 2 aliphatic rings. The third-order valence-corrected chi connectivity index (χ3v) is 4.95. The molecule has 2 aromatic heterocycles. The van der Waals surface area contributed by atoms with Gasteiger partial charge in [0.1, 0.15) is 5.76 Å². The maximum Gasteiger partial charge on any atom is 0.276 e. The molecular formula is C17H22N4O2. The molecule has 0 atom stereocenters. The van der Waals surface area contributed by atoms with Gasteiger partial charge < -0.3 is 9.42 Å². The van der Waals surface area contributed by atoms with Gasteiger partial charge in [-0.05, 0) is 25.2 Å². The number of aromatic nitrogens is 3. The van der Waals surface area contributed by atoms with Crippen LogP contribution in [0.1, 0.15) is 71.4 Å². The molecular weight excluding hydrogens is 292 g/mol. The third kappa shape index (κ3) is 2.36. The van der Waals surface area contributed by atoms with Crippen LogP contribution in [0, 0.1) is 0 Å². The molecule has 0 aromatic carbocycles. The van der Waals surface area contributed by atoms with Gasteiger partial charge in [0.05, 0.1) is 5.69 Å². The van der Waals surface area contributed by atoms with E-state index in [4.69, 9.17) is 4.52 Å². The zero-order valence-electron chi connectivity index (χ0n) is 13.7. The van der Waals surface area contributed by atoms with Crippen LogP contribution in [-0.4, -0.2) is 32.7 Å². The molecule has 2 aromatic rings. The summed E-state index contributed by atoms with van der Waals surface area (Å²) in [5.74, 6) is 1.26. The SMILES string of the molecule is CC(C)c1n[nH]c2c1CN(C(=O)c1noc3c1CCCC3)CC2. The van der Waals surface area contributed by atoms with Crippen LogP contribution in [0.15, 0.2) is 4.52 Å². The lowest BCUT2D eigenvalue weighted by Crippen LogP contribution is -2.36. The Bertz CT molecular complexity index is 744. The number of carbonyl (C=O) groups excluding carboxylic acids is 1. The van der Waals surface area contributed by atoms with Crippen molar-refractivity contribution in [3.63, 3.8) is 0 Å². The molecule has 1 N–H and O–H groups in total. The minimum absolute atomic E-state index is 0.00143. The molecule has 1 amide bonds. The number of aryl methyl sites for hydroxylation is 1. The highest BCUT2D eigenvalue weighted by Gasteiger charge is 2.31. The number of amides is 1. The molecule has 3 heterocycles. The molecule has 0 spiro atoms. The Hall–Kier alpha value is -2.11. The van der Waals surface area contributed by atoms with Gasteiger partial charge in [0.25, 0.3) is 5.91 Å². The summed E-state index contributed by atoms with van der Waals surface area (Å²) >= 11 is 0. The predicted molar refractivity (Wildman–Crippen MR) is 84.3 cm³/mol. The van der Waals surface area contributed by atoms with Gasteiger partial charge in [0.15, 0.2) is 5.69 Å². The van der Waals surface area contributed by atoms with E-state index in [2.05, 4.69) is 29.2 Å². The van der Waals surface area contributed by atoms with Crippen LogP contribution >= 0.6 is 0 Å². The number of fused-ring (bicyclic) bond motifs is 2. The quantitative estimate of drug-likeness (QED) is 0.924. The minimum Gasteiger partial charge on any atom is -0.360 e. The van der Waals surface area contributed by atoms with E-state index in [1.54, 1.807) is 0 Å². The van der Waals surface area contributed by atoms with Crippen LogP contribution in [0.5, 0.6) is 0 Å². The molecule has 122 valence electrons. The Morgan fingerprint density at radius 3 is 2.87 bits per heavy atom. The molecule has 0 radical (unpaired) electrons. The number of carbonyl (C=O) groups is 1. The van der Waals surface area contributed by atoms with Crippen LogP contribution in [0.25, 0.3) is 0 Å². The van der Waals surface area contributed by atoms with Gasteiger partial charge in [-0.1, -0.05) is 19.0 Å². The summed E-state index contributed by atoms with van der Waals surface area (Å²) in [6.07, 6.45) is 4.86. The largest absolute Gasteiger partial charge is 0.360 e. The molecule has 6 nitrogen and oxygen atoms in total. The Labute approximate surface area is 135 Å². The Balaban J connectivity index is 1.60. The van der Waals surface area contributed by atoms with Gasteiger partial charge in [-0.15, -0.1) is 0 Å². The van der Waals surface area contributed by atoms with E-state index in [0.29, 0.717) is 24.7 Å². The molecule has 0 unspecified atom stereocenters. The van der Waals surface area contributed by atoms with E-state index in [1.807, 2.05) is 4.90 Å². The number of nitrogens with one attached hydrogen (secondary N) is 1. The van der Waals surface area contributed by atoms with E-state index >= 15 is 0 Å². The Morgan fingerprint density at radius 2 is 2.04 bits per heavy atom. The molecule has 4 rings (SSSR count). The van der Waals surface area contributed by atoms with Crippen LogP contribution < -0.4 is 0 Å². The second-order valence-electron chi connectivity index (χ2n) is 6.84. The topological polar surface area (TPSA) is 75.0 Å². The lowest BCUT2D eigenvalue weighted by Gasteiger charge is -2.27. The van der Waals surface area contributed by atoms with Gasteiger partial charge in [-0.3, -0.25) is 9.89 Å². The van der Waals surface area contributed by atoms with Crippen LogP contribution in [-0.2, 0) is 25.8 Å². The first-order valence-corrected chi connectivity index (χ1v) is 8.48. The zero-order valence-corrected chi connectivity index (χ0v) is 13.7. The van der Waals surface area contributed by atoms with E-state index in [0.717, 1.165) is 49.1 Å². The summed E-state index contributed by atoms with van der Waals surface area (Å²) in [6, 6.07) is 0. The van der Waals surface area contributed by atoms with Crippen molar-refractivity contribution in [3.8, 4) is 0 Å². The van der Waals surface area contributed by atoms with E-state index in [9.17, 15) is 4.79 Å². The van der Waals surface area contributed by atoms with Crippen LogP contribution in [0.3, 0.4) is 0 Å².